The predicted molar refractivity (Wildman–Crippen MR) is 115 cm³/mol. The summed E-state index contributed by atoms with van der Waals surface area (Å²) in [5.74, 6) is 2.13. The van der Waals surface area contributed by atoms with Gasteiger partial charge in [0.15, 0.2) is 0 Å². The molecule has 3 rings (SSSR count). The molecule has 1 aliphatic rings. The molecule has 0 bridgehead atoms. The van der Waals surface area contributed by atoms with Crippen molar-refractivity contribution in [2.45, 2.75) is 32.9 Å². The van der Waals surface area contributed by atoms with Crippen molar-refractivity contribution in [3.8, 4) is 11.5 Å². The molecule has 0 saturated carbocycles. The minimum Gasteiger partial charge on any atom is -0.497 e. The molecule has 0 radical (unpaired) electrons. The van der Waals surface area contributed by atoms with E-state index < -0.39 is 0 Å². The Bertz CT molecular complexity index is 783. The van der Waals surface area contributed by atoms with Crippen LogP contribution in [0.25, 0.3) is 0 Å². The van der Waals surface area contributed by atoms with Gasteiger partial charge in [-0.2, -0.15) is 0 Å². The first-order valence-corrected chi connectivity index (χ1v) is 10.4. The summed E-state index contributed by atoms with van der Waals surface area (Å²) < 4.78 is 10.8. The van der Waals surface area contributed by atoms with E-state index in [1.54, 1.807) is 7.11 Å². The van der Waals surface area contributed by atoms with Crippen LogP contribution in [0.15, 0.2) is 48.5 Å². The zero-order valence-electron chi connectivity index (χ0n) is 17.8. The summed E-state index contributed by atoms with van der Waals surface area (Å²) in [5.41, 5.74) is 2.38. The lowest BCUT2D eigenvalue weighted by Crippen LogP contribution is -2.40. The van der Waals surface area contributed by atoms with Crippen LogP contribution in [-0.2, 0) is 17.9 Å². The van der Waals surface area contributed by atoms with Gasteiger partial charge in [0.1, 0.15) is 11.5 Å². The molecule has 1 fully saturated rings. The minimum atomic E-state index is 0.115. The van der Waals surface area contributed by atoms with Gasteiger partial charge in [-0.1, -0.05) is 24.3 Å². The Hall–Kier alpha value is -2.53. The van der Waals surface area contributed by atoms with Crippen LogP contribution in [0.1, 0.15) is 30.9 Å². The number of amides is 1. The number of piperidine rings is 1. The van der Waals surface area contributed by atoms with Crippen LogP contribution in [0.5, 0.6) is 11.5 Å². The molecule has 1 aliphatic heterocycles. The second kappa shape index (κ2) is 10.3. The monoisotopic (exact) mass is 396 g/mol. The number of hydrogen-bond acceptors (Lipinski definition) is 4. The summed E-state index contributed by atoms with van der Waals surface area (Å²) >= 11 is 0. The van der Waals surface area contributed by atoms with Gasteiger partial charge >= 0.3 is 0 Å². The number of methoxy groups -OCH3 is 1. The highest BCUT2D eigenvalue weighted by molar-refractivity contribution is 5.78. The van der Waals surface area contributed by atoms with Gasteiger partial charge in [0.05, 0.1) is 13.7 Å². The Labute approximate surface area is 174 Å². The van der Waals surface area contributed by atoms with Gasteiger partial charge in [0.25, 0.3) is 0 Å². The largest absolute Gasteiger partial charge is 0.497 e. The fraction of sp³-hybridized carbons (Fsp3) is 0.458. The third-order valence-electron chi connectivity index (χ3n) is 5.51. The van der Waals surface area contributed by atoms with Gasteiger partial charge in [-0.3, -0.25) is 9.69 Å². The molecule has 5 nitrogen and oxygen atoms in total. The number of carbonyl (C=O) groups is 1. The highest BCUT2D eigenvalue weighted by atomic mass is 16.5. The molecule has 0 unspecified atom stereocenters. The van der Waals surface area contributed by atoms with E-state index in [1.165, 1.54) is 5.56 Å². The summed E-state index contributed by atoms with van der Waals surface area (Å²) in [6.07, 6.45) is 1.83. The van der Waals surface area contributed by atoms with Crippen molar-refractivity contribution in [3.05, 3.63) is 59.7 Å². The highest BCUT2D eigenvalue weighted by Crippen LogP contribution is 2.23. The van der Waals surface area contributed by atoms with Crippen molar-refractivity contribution in [3.63, 3.8) is 0 Å². The van der Waals surface area contributed by atoms with Crippen LogP contribution in [0.2, 0.25) is 0 Å². The van der Waals surface area contributed by atoms with Crippen LogP contribution < -0.4 is 9.47 Å². The van der Waals surface area contributed by atoms with E-state index in [-0.39, 0.29) is 11.8 Å². The number of ether oxygens (including phenoxy) is 2. The van der Waals surface area contributed by atoms with E-state index in [9.17, 15) is 4.79 Å². The van der Waals surface area contributed by atoms with Crippen molar-refractivity contribution in [1.82, 2.24) is 9.80 Å². The fourth-order valence-electron chi connectivity index (χ4n) is 3.89. The maximum absolute atomic E-state index is 12.9. The van der Waals surface area contributed by atoms with Crippen LogP contribution >= 0.6 is 0 Å². The van der Waals surface area contributed by atoms with Crippen LogP contribution in [0.3, 0.4) is 0 Å². The normalized spacial score (nSPS) is 15.1. The Kier molecular flexibility index (Phi) is 7.53. The van der Waals surface area contributed by atoms with Gasteiger partial charge in [0, 0.05) is 26.1 Å². The summed E-state index contributed by atoms with van der Waals surface area (Å²) in [4.78, 5) is 17.2. The maximum atomic E-state index is 12.9. The van der Waals surface area contributed by atoms with Crippen molar-refractivity contribution in [1.29, 1.82) is 0 Å². The average molecular weight is 397 g/mol. The summed E-state index contributed by atoms with van der Waals surface area (Å²) in [6, 6.07) is 16.2. The molecule has 29 heavy (non-hydrogen) atoms. The van der Waals surface area contributed by atoms with Crippen molar-refractivity contribution >= 4 is 5.91 Å². The first-order chi connectivity index (χ1) is 14.1. The number of rotatable bonds is 8. The maximum Gasteiger partial charge on any atom is 0.225 e. The van der Waals surface area contributed by atoms with Gasteiger partial charge in [0.2, 0.25) is 5.91 Å². The predicted octanol–water partition coefficient (Wildman–Crippen LogP) is 3.96. The average Bonchev–Trinajstić information content (AvgIpc) is 2.75. The van der Waals surface area contributed by atoms with Crippen LogP contribution in [0.4, 0.5) is 0 Å². The molecule has 0 aromatic heterocycles. The smallest absolute Gasteiger partial charge is 0.225 e. The Morgan fingerprint density at radius 1 is 1.07 bits per heavy atom. The van der Waals surface area contributed by atoms with Crippen LogP contribution in [0, 0.1) is 5.92 Å². The fourth-order valence-corrected chi connectivity index (χ4v) is 3.89. The molecule has 5 heteroatoms. The molecule has 156 valence electrons. The second-order valence-corrected chi connectivity index (χ2v) is 7.67. The lowest BCUT2D eigenvalue weighted by atomic mass is 9.95. The number of benzene rings is 2. The lowest BCUT2D eigenvalue weighted by Gasteiger charge is -2.33. The SMILES string of the molecule is CCOc1cccc(CN2CCC(C(=O)N(C)Cc3ccc(OC)cc3)CC2)c1. The van der Waals surface area contributed by atoms with Crippen LogP contribution in [-0.4, -0.2) is 49.6 Å². The standard InChI is InChI=1S/C24H32N2O3/c1-4-29-23-7-5-6-20(16-23)18-26-14-12-21(13-15-26)24(27)25(2)17-19-8-10-22(28-3)11-9-19/h5-11,16,21H,4,12-15,17-18H2,1-3H3. The Morgan fingerprint density at radius 3 is 2.45 bits per heavy atom. The molecule has 0 aliphatic carbocycles. The van der Waals surface area contributed by atoms with E-state index in [1.807, 2.05) is 55.3 Å². The molecule has 1 heterocycles. The molecule has 1 saturated heterocycles. The van der Waals surface area contributed by atoms with E-state index in [2.05, 4.69) is 17.0 Å². The lowest BCUT2D eigenvalue weighted by molar-refractivity contribution is -0.136. The second-order valence-electron chi connectivity index (χ2n) is 7.67. The molecule has 2 aromatic rings. The van der Waals surface area contributed by atoms with Gasteiger partial charge in [-0.05, 0) is 68.2 Å². The summed E-state index contributed by atoms with van der Waals surface area (Å²) in [6.45, 7) is 6.12. The molecule has 0 atom stereocenters. The summed E-state index contributed by atoms with van der Waals surface area (Å²) in [5, 5.41) is 0. The first-order valence-electron chi connectivity index (χ1n) is 10.4. The number of carbonyl (C=O) groups excluding carboxylic acids is 1. The van der Waals surface area contributed by atoms with Crippen molar-refractivity contribution in [2.24, 2.45) is 5.92 Å². The van der Waals surface area contributed by atoms with E-state index >= 15 is 0 Å². The van der Waals surface area contributed by atoms with Gasteiger partial charge in [-0.15, -0.1) is 0 Å². The van der Waals surface area contributed by atoms with E-state index in [0.717, 1.165) is 49.5 Å². The Morgan fingerprint density at radius 2 is 1.79 bits per heavy atom. The third kappa shape index (κ3) is 5.97. The van der Waals surface area contributed by atoms with Gasteiger partial charge < -0.3 is 14.4 Å². The zero-order chi connectivity index (χ0) is 20.6. The number of hydrogen-bond donors (Lipinski definition) is 0. The van der Waals surface area contributed by atoms with E-state index in [4.69, 9.17) is 9.47 Å². The minimum absolute atomic E-state index is 0.115. The molecular formula is C24H32N2O3. The number of nitrogens with zero attached hydrogens (tertiary/aromatic N) is 2. The molecule has 0 N–H and O–H groups in total. The number of likely N-dealkylation sites (tertiary alicyclic amines) is 1. The van der Waals surface area contributed by atoms with Crippen molar-refractivity contribution < 1.29 is 14.3 Å². The third-order valence-corrected chi connectivity index (χ3v) is 5.51. The quantitative estimate of drug-likeness (QED) is 0.677. The molecular weight excluding hydrogens is 364 g/mol. The topological polar surface area (TPSA) is 42.0 Å². The zero-order valence-corrected chi connectivity index (χ0v) is 17.8. The molecule has 1 amide bonds. The van der Waals surface area contributed by atoms with Gasteiger partial charge in [-0.25, -0.2) is 0 Å². The van der Waals surface area contributed by atoms with Crippen molar-refractivity contribution in [2.75, 3.05) is 33.9 Å². The molecule has 0 spiro atoms. The molecule has 2 aromatic carbocycles. The Balaban J connectivity index is 1.47. The first kappa shape index (κ1) is 21.2. The highest BCUT2D eigenvalue weighted by Gasteiger charge is 2.27. The summed E-state index contributed by atoms with van der Waals surface area (Å²) in [7, 11) is 3.56. The van der Waals surface area contributed by atoms with E-state index in [0.29, 0.717) is 13.2 Å².